The highest BCUT2D eigenvalue weighted by molar-refractivity contribution is 5.78. The third kappa shape index (κ3) is 18.7. The summed E-state index contributed by atoms with van der Waals surface area (Å²) in [7, 11) is 6.49. The third-order valence-electron chi connectivity index (χ3n) is 5.38. The van der Waals surface area contributed by atoms with Gasteiger partial charge in [-0.15, -0.1) is 0 Å². The number of hydrogen-bond donors (Lipinski definition) is 1. The summed E-state index contributed by atoms with van der Waals surface area (Å²) >= 11 is 0. The normalized spacial score (nSPS) is 14.2. The molecule has 5 nitrogen and oxygen atoms in total. The van der Waals surface area contributed by atoms with Gasteiger partial charge in [-0.2, -0.15) is 0 Å². The van der Waals surface area contributed by atoms with Crippen LogP contribution in [0.2, 0.25) is 0 Å². The molecule has 5 heteroatoms. The molecule has 0 radical (unpaired) electrons. The second-order valence-corrected chi connectivity index (χ2v) is 9.32. The van der Waals surface area contributed by atoms with Crippen LogP contribution < -0.4 is 5.32 Å². The van der Waals surface area contributed by atoms with Gasteiger partial charge in [-0.1, -0.05) is 60.8 Å². The van der Waals surface area contributed by atoms with Crippen molar-refractivity contribution in [3.63, 3.8) is 0 Å². The summed E-state index contributed by atoms with van der Waals surface area (Å²) in [6.07, 6.45) is 7.57. The quantitative estimate of drug-likeness (QED) is 0.246. The van der Waals surface area contributed by atoms with Crippen LogP contribution in [0.3, 0.4) is 0 Å². The van der Waals surface area contributed by atoms with Crippen LogP contribution >= 0.6 is 0 Å². The minimum atomic E-state index is -0.0348. The number of carbonyl (C=O) groups is 2. The van der Waals surface area contributed by atoms with Gasteiger partial charge < -0.3 is 14.5 Å². The smallest absolute Gasteiger partial charge is 0.308 e. The number of rotatable bonds is 14. The predicted molar refractivity (Wildman–Crippen MR) is 124 cm³/mol. The molecule has 0 saturated heterocycles. The van der Waals surface area contributed by atoms with Gasteiger partial charge in [-0.3, -0.25) is 9.59 Å². The topological polar surface area (TPSA) is 55.4 Å². The van der Waals surface area contributed by atoms with E-state index in [0.717, 1.165) is 43.3 Å². The van der Waals surface area contributed by atoms with Gasteiger partial charge in [-0.25, -0.2) is 0 Å². The van der Waals surface area contributed by atoms with E-state index in [9.17, 15) is 9.59 Å². The van der Waals surface area contributed by atoms with E-state index >= 15 is 0 Å². The average Bonchev–Trinajstić information content (AvgIpc) is 2.69. The maximum atomic E-state index is 11.4. The molecule has 1 N–H and O–H groups in total. The van der Waals surface area contributed by atoms with Crippen molar-refractivity contribution < 1.29 is 18.8 Å². The summed E-state index contributed by atoms with van der Waals surface area (Å²) < 4.78 is 6.26. The van der Waals surface area contributed by atoms with E-state index in [4.69, 9.17) is 4.74 Å². The fourth-order valence-corrected chi connectivity index (χ4v) is 2.53. The van der Waals surface area contributed by atoms with Gasteiger partial charge >= 0.3 is 5.97 Å². The Hall–Kier alpha value is -1.10. The molecule has 1 amide bonds. The molecule has 0 aromatic rings. The predicted octanol–water partition coefficient (Wildman–Crippen LogP) is 5.04. The van der Waals surface area contributed by atoms with Gasteiger partial charge in [0.1, 0.15) is 0 Å². The maximum Gasteiger partial charge on any atom is 0.308 e. The number of hydrogen-bond acceptors (Lipinski definition) is 3. The molecule has 0 spiro atoms. The van der Waals surface area contributed by atoms with Crippen molar-refractivity contribution in [2.24, 2.45) is 17.8 Å². The van der Waals surface area contributed by atoms with Crippen LogP contribution in [0.5, 0.6) is 0 Å². The van der Waals surface area contributed by atoms with E-state index in [1.165, 1.54) is 19.3 Å². The number of nitrogens with zero attached hydrogens (tertiary/aromatic N) is 1. The molecule has 0 aliphatic carbocycles. The van der Waals surface area contributed by atoms with E-state index < -0.39 is 0 Å². The van der Waals surface area contributed by atoms with Crippen LogP contribution in [0.25, 0.3) is 0 Å². The zero-order valence-corrected chi connectivity index (χ0v) is 21.0. The molecule has 3 unspecified atom stereocenters. The lowest BCUT2D eigenvalue weighted by Gasteiger charge is -2.23. The molecule has 0 aliphatic heterocycles. The summed E-state index contributed by atoms with van der Waals surface area (Å²) in [6.45, 7) is 14.8. The second kappa shape index (κ2) is 17.7. The van der Waals surface area contributed by atoms with Gasteiger partial charge in [0.05, 0.1) is 40.2 Å². The molecule has 0 fully saturated rings. The first-order chi connectivity index (χ1) is 13.5. The molecule has 29 heavy (non-hydrogen) atoms. The molecule has 0 bridgehead atoms. The van der Waals surface area contributed by atoms with Gasteiger partial charge in [0.25, 0.3) is 0 Å². The minimum absolute atomic E-state index is 0.0348. The van der Waals surface area contributed by atoms with Crippen LogP contribution in [-0.2, 0) is 14.3 Å². The second-order valence-electron chi connectivity index (χ2n) is 9.32. The van der Waals surface area contributed by atoms with Crippen molar-refractivity contribution in [2.75, 3.05) is 40.8 Å². The molecule has 0 rings (SSSR count). The number of esters is 1. The lowest BCUT2D eigenvalue weighted by atomic mass is 10.0. The number of amides is 1. The number of nitrogens with one attached hydrogen (secondary N) is 1. The first-order valence-corrected chi connectivity index (χ1v) is 11.8. The molecule has 0 saturated carbocycles. The van der Waals surface area contributed by atoms with Gasteiger partial charge in [0.2, 0.25) is 5.91 Å². The molecule has 0 aromatic carbocycles. The fraction of sp³-hybridized carbons (Fsp3) is 0.917. The first kappa shape index (κ1) is 30.1. The van der Waals surface area contributed by atoms with Crippen LogP contribution in [0.15, 0.2) is 0 Å². The minimum Gasteiger partial charge on any atom is -0.465 e. The lowest BCUT2D eigenvalue weighted by molar-refractivity contribution is -0.870. The van der Waals surface area contributed by atoms with Crippen molar-refractivity contribution in [3.05, 3.63) is 0 Å². The summed E-state index contributed by atoms with van der Waals surface area (Å²) in [5, 5.41) is 2.96. The summed E-state index contributed by atoms with van der Waals surface area (Å²) in [5.74, 6) is 0.909. The SMILES string of the molecule is CCC(C)C(=O)NCCC[N+](C)(C)C.CCCCC(CC)COC(=O)C(C)CC. The van der Waals surface area contributed by atoms with E-state index in [0.29, 0.717) is 12.5 Å². The molecule has 174 valence electrons. The molecule has 0 aromatic heterocycles. The first-order valence-electron chi connectivity index (χ1n) is 11.8. The van der Waals surface area contributed by atoms with Crippen LogP contribution in [0, 0.1) is 17.8 Å². The van der Waals surface area contributed by atoms with Crippen molar-refractivity contribution in [3.8, 4) is 0 Å². The maximum absolute atomic E-state index is 11.4. The zero-order chi connectivity index (χ0) is 22.9. The summed E-state index contributed by atoms with van der Waals surface area (Å²) in [4.78, 5) is 22.8. The van der Waals surface area contributed by atoms with Gasteiger partial charge in [0, 0.05) is 18.9 Å². The Bertz CT molecular complexity index is 419. The van der Waals surface area contributed by atoms with E-state index in [-0.39, 0.29) is 23.7 Å². The Morgan fingerprint density at radius 3 is 1.93 bits per heavy atom. The standard InChI is InChI=1S/C13H26O2.C11H24N2O/c1-5-8-9-12(7-3)10-15-13(14)11(4)6-2;1-6-10(2)11(14)12-8-7-9-13(3,4)5/h11-12H,5-10H2,1-4H3;10H,6-9H2,1-5H3/p+1. The Kier molecular flexibility index (Phi) is 18.4. The number of quaternary nitrogens is 1. The molecule has 0 aliphatic rings. The molecular weight excluding hydrogens is 364 g/mol. The number of ether oxygens (including phenoxy) is 1. The summed E-state index contributed by atoms with van der Waals surface area (Å²) in [6, 6.07) is 0. The molecular formula is C24H51N2O3+. The Morgan fingerprint density at radius 2 is 1.48 bits per heavy atom. The van der Waals surface area contributed by atoms with E-state index in [1.54, 1.807) is 0 Å². The van der Waals surface area contributed by atoms with Crippen molar-refractivity contribution in [1.29, 1.82) is 0 Å². The van der Waals surface area contributed by atoms with Gasteiger partial charge in [-0.05, 0) is 25.2 Å². The van der Waals surface area contributed by atoms with Crippen LogP contribution in [0.4, 0.5) is 0 Å². The number of carbonyl (C=O) groups excluding carboxylic acids is 2. The van der Waals surface area contributed by atoms with Crippen molar-refractivity contribution in [2.45, 2.75) is 86.5 Å². The Labute approximate surface area is 181 Å². The highest BCUT2D eigenvalue weighted by Gasteiger charge is 2.14. The fourth-order valence-electron chi connectivity index (χ4n) is 2.53. The van der Waals surface area contributed by atoms with Gasteiger partial charge in [0.15, 0.2) is 0 Å². The Balaban J connectivity index is 0. The molecule has 3 atom stereocenters. The Morgan fingerprint density at radius 1 is 0.897 bits per heavy atom. The lowest BCUT2D eigenvalue weighted by Crippen LogP contribution is -2.38. The highest BCUT2D eigenvalue weighted by Crippen LogP contribution is 2.14. The summed E-state index contributed by atoms with van der Waals surface area (Å²) in [5.41, 5.74) is 0. The monoisotopic (exact) mass is 415 g/mol. The van der Waals surface area contributed by atoms with E-state index in [2.05, 4.69) is 40.3 Å². The van der Waals surface area contributed by atoms with Crippen LogP contribution in [-0.4, -0.2) is 57.2 Å². The zero-order valence-electron chi connectivity index (χ0n) is 21.0. The highest BCUT2D eigenvalue weighted by atomic mass is 16.5. The average molecular weight is 416 g/mol. The molecule has 0 heterocycles. The number of unbranched alkanes of at least 4 members (excludes halogenated alkanes) is 1. The van der Waals surface area contributed by atoms with Crippen LogP contribution in [0.1, 0.15) is 86.5 Å². The van der Waals surface area contributed by atoms with E-state index in [1.807, 2.05) is 27.7 Å². The third-order valence-corrected chi connectivity index (χ3v) is 5.38. The van der Waals surface area contributed by atoms with Crippen molar-refractivity contribution >= 4 is 11.9 Å². The largest absolute Gasteiger partial charge is 0.465 e. The van der Waals surface area contributed by atoms with Crippen molar-refractivity contribution in [1.82, 2.24) is 5.32 Å².